The number of benzene rings is 3. The van der Waals surface area contributed by atoms with Gasteiger partial charge < -0.3 is 14.4 Å². The van der Waals surface area contributed by atoms with Crippen LogP contribution in [-0.2, 0) is 42.7 Å². The van der Waals surface area contributed by atoms with E-state index in [1.54, 1.807) is 26.8 Å². The third kappa shape index (κ3) is 7.68. The van der Waals surface area contributed by atoms with Crippen LogP contribution in [-0.4, -0.2) is 9.97 Å². The van der Waals surface area contributed by atoms with Crippen LogP contribution in [0.3, 0.4) is 0 Å². The first kappa shape index (κ1) is 31.2. The van der Waals surface area contributed by atoms with Crippen molar-refractivity contribution in [3.8, 4) is 22.5 Å². The van der Waals surface area contributed by atoms with E-state index in [9.17, 15) is 0 Å². The van der Waals surface area contributed by atoms with Gasteiger partial charge in [0.15, 0.2) is 0 Å². The fourth-order valence-electron chi connectivity index (χ4n) is 6.82. The van der Waals surface area contributed by atoms with Crippen LogP contribution >= 0.6 is 0 Å². The number of hydrogen-bond acceptors (Lipinski definition) is 3. The zero-order valence-corrected chi connectivity index (χ0v) is 33.5. The van der Waals surface area contributed by atoms with Gasteiger partial charge in [0.25, 0.3) is 0 Å². The molecule has 3 aromatic heterocycles. The Balaban J connectivity index is 0.000000286. The SMILES string of the molecule is CC(C)(C)c1ccc(-c2[c-]cccc2)nc1.[2H]C([2H])([2H])c1cnc(-c2[c-]ccc3c2oc2ccc4c(c23)C(C)(C)CCC4(C)C)cc1C([2H])([2H])C(C)(C)C.[Ir]. The number of pyridine rings is 2. The van der Waals surface area contributed by atoms with Crippen molar-refractivity contribution in [1.29, 1.82) is 0 Å². The molecule has 0 N–H and O–H groups in total. The molecule has 0 aliphatic heterocycles. The normalized spacial score (nSPS) is 17.2. The molecule has 0 saturated carbocycles. The Bertz CT molecular complexity index is 2310. The monoisotopic (exact) mass is 846 g/mol. The predicted octanol–water partition coefficient (Wildman–Crippen LogP) is 12.5. The summed E-state index contributed by atoms with van der Waals surface area (Å²) in [7, 11) is 0. The largest absolute Gasteiger partial charge is 0.501 e. The third-order valence-electron chi connectivity index (χ3n) is 9.66. The van der Waals surface area contributed by atoms with E-state index >= 15 is 0 Å². The van der Waals surface area contributed by atoms with Gasteiger partial charge in [-0.1, -0.05) is 110 Å². The number of furan rings is 1. The molecule has 263 valence electrons. The standard InChI is InChI=1S/C31H36NO.C15H16N.Ir/c1-19-18-32-24(16-20(19)17-29(2,3)4)21-10-9-11-22-26-25(33-28(21)22)13-12-23-27(26)31(7,8)15-14-30(23,5)6;1-15(2,3)13-9-10-14(16-11-13)12-7-5-4-6-8-12;/h9,11-13,16,18H,14-15,17H2,1-8H3;4-7,9-11H,1-3H3;/q2*-1;/i1D3,17D2;;. The van der Waals surface area contributed by atoms with Crippen molar-refractivity contribution in [2.45, 2.75) is 112 Å². The average molecular weight is 846 g/mol. The summed E-state index contributed by atoms with van der Waals surface area (Å²) in [5.41, 5.74) is 7.84. The number of hydrogen-bond donors (Lipinski definition) is 0. The maximum Gasteiger partial charge on any atom is 0.121 e. The fourth-order valence-corrected chi connectivity index (χ4v) is 6.82. The van der Waals surface area contributed by atoms with Gasteiger partial charge in [-0.05, 0) is 87.4 Å². The van der Waals surface area contributed by atoms with Crippen molar-refractivity contribution in [1.82, 2.24) is 9.97 Å². The van der Waals surface area contributed by atoms with Crippen LogP contribution in [0.4, 0.5) is 0 Å². The van der Waals surface area contributed by atoms with Crippen LogP contribution in [0.25, 0.3) is 44.5 Å². The molecule has 0 fully saturated rings. The van der Waals surface area contributed by atoms with Gasteiger partial charge in [-0.25, -0.2) is 0 Å². The second kappa shape index (κ2) is 13.9. The first-order valence-electron chi connectivity index (χ1n) is 19.8. The van der Waals surface area contributed by atoms with Crippen molar-refractivity contribution in [3.05, 3.63) is 119 Å². The van der Waals surface area contributed by atoms with Gasteiger partial charge in [0, 0.05) is 44.7 Å². The van der Waals surface area contributed by atoms with Gasteiger partial charge in [0.1, 0.15) is 5.58 Å². The van der Waals surface area contributed by atoms with Crippen molar-refractivity contribution in [3.63, 3.8) is 0 Å². The molecular formula is C46H52IrN2O-2. The fraction of sp³-hybridized carbons (Fsp3) is 0.391. The topological polar surface area (TPSA) is 38.9 Å². The van der Waals surface area contributed by atoms with E-state index in [0.29, 0.717) is 16.8 Å². The summed E-state index contributed by atoms with van der Waals surface area (Å²) in [5, 5.41) is 2.08. The summed E-state index contributed by atoms with van der Waals surface area (Å²) in [6, 6.07) is 28.3. The van der Waals surface area contributed by atoms with E-state index in [0.717, 1.165) is 40.5 Å². The number of nitrogens with zero attached hydrogens (tertiary/aromatic N) is 2. The quantitative estimate of drug-likeness (QED) is 0.167. The molecule has 0 atom stereocenters. The van der Waals surface area contributed by atoms with E-state index in [1.165, 1.54) is 22.9 Å². The van der Waals surface area contributed by atoms with Gasteiger partial charge >= 0.3 is 0 Å². The number of aryl methyl sites for hydroxylation is 1. The number of fused-ring (bicyclic) bond motifs is 5. The summed E-state index contributed by atoms with van der Waals surface area (Å²) in [6.07, 6.45) is 3.53. The molecule has 1 aliphatic rings. The number of aromatic nitrogens is 2. The summed E-state index contributed by atoms with van der Waals surface area (Å²) in [6.45, 7) is 18.6. The number of rotatable bonds is 3. The van der Waals surface area contributed by atoms with Crippen molar-refractivity contribution >= 4 is 21.9 Å². The molecule has 1 radical (unpaired) electrons. The first-order chi connectivity index (χ1) is 24.9. The Labute approximate surface area is 320 Å². The molecule has 1 aliphatic carbocycles. The van der Waals surface area contributed by atoms with Crippen LogP contribution in [0.2, 0.25) is 0 Å². The maximum atomic E-state index is 8.89. The Morgan fingerprint density at radius 3 is 2.22 bits per heavy atom. The zero-order chi connectivity index (χ0) is 39.6. The van der Waals surface area contributed by atoms with Crippen molar-refractivity contribution in [2.24, 2.45) is 5.41 Å². The Hall–Kier alpha value is -3.59. The molecule has 6 aromatic rings. The molecule has 0 amide bonds. The first-order valence-corrected chi connectivity index (χ1v) is 17.3. The minimum Gasteiger partial charge on any atom is -0.501 e. The predicted molar refractivity (Wildman–Crippen MR) is 206 cm³/mol. The van der Waals surface area contributed by atoms with Crippen LogP contribution in [0.1, 0.15) is 117 Å². The van der Waals surface area contributed by atoms with Crippen molar-refractivity contribution < 1.29 is 31.4 Å². The second-order valence-electron chi connectivity index (χ2n) is 16.8. The van der Waals surface area contributed by atoms with E-state index < -0.39 is 18.6 Å². The summed E-state index contributed by atoms with van der Waals surface area (Å²) >= 11 is 0. The van der Waals surface area contributed by atoms with E-state index in [1.807, 2.05) is 42.6 Å². The second-order valence-corrected chi connectivity index (χ2v) is 16.8. The minimum absolute atomic E-state index is 0. The van der Waals surface area contributed by atoms with Gasteiger partial charge in [0.05, 0.1) is 5.58 Å². The molecule has 0 saturated heterocycles. The molecule has 0 unspecified atom stereocenters. The Morgan fingerprint density at radius 2 is 1.58 bits per heavy atom. The van der Waals surface area contributed by atoms with Crippen LogP contribution < -0.4 is 0 Å². The van der Waals surface area contributed by atoms with Gasteiger partial charge in [-0.15, -0.1) is 54.1 Å². The average Bonchev–Trinajstić information content (AvgIpc) is 3.48. The van der Waals surface area contributed by atoms with E-state index in [-0.39, 0.29) is 47.5 Å². The Kier molecular flexibility index (Phi) is 8.63. The van der Waals surface area contributed by atoms with Crippen molar-refractivity contribution in [2.75, 3.05) is 0 Å². The molecule has 0 bridgehead atoms. The Morgan fingerprint density at radius 1 is 0.840 bits per heavy atom. The smallest absolute Gasteiger partial charge is 0.121 e. The van der Waals surface area contributed by atoms with E-state index in [2.05, 4.69) is 94.8 Å². The van der Waals surface area contributed by atoms with Crippen LogP contribution in [0, 0.1) is 24.4 Å². The molecule has 7 rings (SSSR count). The van der Waals surface area contributed by atoms with Gasteiger partial charge in [-0.2, -0.15) is 0 Å². The molecule has 3 aromatic carbocycles. The van der Waals surface area contributed by atoms with Crippen LogP contribution in [0.15, 0.2) is 83.5 Å². The molecule has 3 heterocycles. The summed E-state index contributed by atoms with van der Waals surface area (Å²) in [5.74, 6) is 0. The zero-order valence-electron chi connectivity index (χ0n) is 36.1. The molecule has 3 nitrogen and oxygen atoms in total. The van der Waals surface area contributed by atoms with Gasteiger partial charge in [0.2, 0.25) is 0 Å². The van der Waals surface area contributed by atoms with Crippen LogP contribution in [0.5, 0.6) is 0 Å². The molecule has 0 spiro atoms. The summed E-state index contributed by atoms with van der Waals surface area (Å²) in [4.78, 5) is 9.00. The van der Waals surface area contributed by atoms with E-state index in [4.69, 9.17) is 11.3 Å². The minimum atomic E-state index is -2.49. The molecular weight excluding hydrogens is 789 g/mol. The molecule has 50 heavy (non-hydrogen) atoms. The maximum absolute atomic E-state index is 8.89. The summed E-state index contributed by atoms with van der Waals surface area (Å²) < 4.78 is 48.4. The third-order valence-corrected chi connectivity index (χ3v) is 9.66. The van der Waals surface area contributed by atoms with Gasteiger partial charge in [-0.3, -0.25) is 0 Å². The molecule has 4 heteroatoms.